The van der Waals surface area contributed by atoms with Crippen molar-refractivity contribution in [2.24, 2.45) is 0 Å². The van der Waals surface area contributed by atoms with Crippen molar-refractivity contribution in [1.82, 2.24) is 14.1 Å². The maximum Gasteiger partial charge on any atom is 0.270 e. The average molecular weight is 373 g/mol. The summed E-state index contributed by atoms with van der Waals surface area (Å²) in [7, 11) is 0. The molecule has 144 valence electrons. The SMILES string of the molecule is CC(C)(C)NC[C@H](COc1nsnc1N1CCOCC1)OC(C)(C)C. The van der Waals surface area contributed by atoms with Gasteiger partial charge in [-0.1, -0.05) is 0 Å². The molecule has 2 heterocycles. The lowest BCUT2D eigenvalue weighted by Gasteiger charge is -2.31. The summed E-state index contributed by atoms with van der Waals surface area (Å²) in [4.78, 5) is 2.16. The van der Waals surface area contributed by atoms with Crippen LogP contribution in [0.5, 0.6) is 5.88 Å². The molecule has 1 aromatic rings. The van der Waals surface area contributed by atoms with Crippen molar-refractivity contribution in [3.05, 3.63) is 0 Å². The quantitative estimate of drug-likeness (QED) is 0.788. The highest BCUT2D eigenvalue weighted by atomic mass is 32.1. The molecule has 0 bridgehead atoms. The molecule has 1 N–H and O–H groups in total. The predicted molar refractivity (Wildman–Crippen MR) is 101 cm³/mol. The molecule has 1 saturated heterocycles. The number of nitrogens with one attached hydrogen (secondary N) is 1. The van der Waals surface area contributed by atoms with Crippen LogP contribution in [-0.4, -0.2) is 65.4 Å². The van der Waals surface area contributed by atoms with Crippen LogP contribution in [0.15, 0.2) is 0 Å². The van der Waals surface area contributed by atoms with Crippen molar-refractivity contribution in [2.45, 2.75) is 58.8 Å². The second kappa shape index (κ2) is 8.62. The van der Waals surface area contributed by atoms with Gasteiger partial charge in [0.15, 0.2) is 0 Å². The normalized spacial score (nSPS) is 17.6. The van der Waals surface area contributed by atoms with Gasteiger partial charge in [-0.3, -0.25) is 0 Å². The Bertz CT molecular complexity index is 519. The summed E-state index contributed by atoms with van der Waals surface area (Å²) in [5, 5.41) is 3.49. The second-order valence-corrected chi connectivity index (χ2v) is 8.81. The van der Waals surface area contributed by atoms with E-state index in [1.165, 1.54) is 11.7 Å². The van der Waals surface area contributed by atoms with E-state index in [2.05, 4.69) is 60.5 Å². The molecule has 1 atom stereocenters. The van der Waals surface area contributed by atoms with Gasteiger partial charge in [0.25, 0.3) is 5.88 Å². The number of anilines is 1. The minimum Gasteiger partial charge on any atom is -0.472 e. The first-order chi connectivity index (χ1) is 11.6. The Balaban J connectivity index is 1.96. The van der Waals surface area contributed by atoms with E-state index in [-0.39, 0.29) is 17.2 Å². The van der Waals surface area contributed by atoms with Crippen LogP contribution in [0.3, 0.4) is 0 Å². The summed E-state index contributed by atoms with van der Waals surface area (Å²) in [5.74, 6) is 1.40. The molecule has 8 heteroatoms. The van der Waals surface area contributed by atoms with Gasteiger partial charge in [0.1, 0.15) is 12.7 Å². The number of morpholine rings is 1. The minimum atomic E-state index is -0.235. The van der Waals surface area contributed by atoms with E-state index in [1.54, 1.807) is 0 Å². The van der Waals surface area contributed by atoms with Gasteiger partial charge in [0.2, 0.25) is 5.82 Å². The first kappa shape index (κ1) is 20.4. The molecule has 0 aliphatic carbocycles. The number of hydrogen-bond acceptors (Lipinski definition) is 8. The van der Waals surface area contributed by atoms with Crippen molar-refractivity contribution < 1.29 is 14.2 Å². The zero-order valence-corrected chi connectivity index (χ0v) is 17.1. The number of rotatable bonds is 7. The molecule has 0 spiro atoms. The molecule has 0 saturated carbocycles. The zero-order chi connectivity index (χ0) is 18.5. The van der Waals surface area contributed by atoms with Crippen molar-refractivity contribution in [1.29, 1.82) is 0 Å². The monoisotopic (exact) mass is 372 g/mol. The molecule has 1 aliphatic heterocycles. The van der Waals surface area contributed by atoms with E-state index in [0.29, 0.717) is 32.2 Å². The van der Waals surface area contributed by atoms with Crippen LogP contribution in [0, 0.1) is 0 Å². The van der Waals surface area contributed by atoms with Gasteiger partial charge in [0.05, 0.1) is 30.5 Å². The van der Waals surface area contributed by atoms with Gasteiger partial charge in [-0.2, -0.15) is 4.37 Å². The van der Waals surface area contributed by atoms with Crippen molar-refractivity contribution in [2.75, 3.05) is 44.4 Å². The van der Waals surface area contributed by atoms with Gasteiger partial charge in [-0.05, 0) is 41.5 Å². The van der Waals surface area contributed by atoms with Crippen LogP contribution >= 0.6 is 11.7 Å². The van der Waals surface area contributed by atoms with Crippen LogP contribution in [-0.2, 0) is 9.47 Å². The van der Waals surface area contributed by atoms with Crippen LogP contribution in [0.1, 0.15) is 41.5 Å². The molecule has 0 unspecified atom stereocenters. The molecule has 0 radical (unpaired) electrons. The van der Waals surface area contributed by atoms with Gasteiger partial charge in [-0.25, -0.2) is 0 Å². The number of hydrogen-bond donors (Lipinski definition) is 1. The van der Waals surface area contributed by atoms with Crippen molar-refractivity contribution in [3.63, 3.8) is 0 Å². The third-order valence-corrected chi connectivity index (χ3v) is 4.04. The fraction of sp³-hybridized carbons (Fsp3) is 0.882. The van der Waals surface area contributed by atoms with E-state index in [9.17, 15) is 0 Å². The molecular weight excluding hydrogens is 340 g/mol. The summed E-state index contributed by atoms with van der Waals surface area (Å²) in [6.45, 7) is 16.8. The Morgan fingerprint density at radius 2 is 1.84 bits per heavy atom. The zero-order valence-electron chi connectivity index (χ0n) is 16.3. The molecule has 0 aromatic carbocycles. The summed E-state index contributed by atoms with van der Waals surface area (Å²) in [6.07, 6.45) is -0.0709. The Morgan fingerprint density at radius 3 is 2.44 bits per heavy atom. The van der Waals surface area contributed by atoms with Crippen LogP contribution < -0.4 is 15.0 Å². The van der Waals surface area contributed by atoms with E-state index >= 15 is 0 Å². The van der Waals surface area contributed by atoms with Gasteiger partial charge in [-0.15, -0.1) is 4.37 Å². The maximum atomic E-state index is 6.15. The van der Waals surface area contributed by atoms with Crippen LogP contribution in [0.4, 0.5) is 5.82 Å². The first-order valence-corrected chi connectivity index (χ1v) is 9.58. The van der Waals surface area contributed by atoms with Crippen molar-refractivity contribution >= 4 is 17.5 Å². The molecule has 2 rings (SSSR count). The Morgan fingerprint density at radius 1 is 1.16 bits per heavy atom. The lowest BCUT2D eigenvalue weighted by molar-refractivity contribution is -0.0763. The first-order valence-electron chi connectivity index (χ1n) is 8.85. The molecule has 1 fully saturated rings. The van der Waals surface area contributed by atoms with E-state index in [0.717, 1.165) is 18.9 Å². The Kier molecular flexibility index (Phi) is 7.01. The van der Waals surface area contributed by atoms with Crippen molar-refractivity contribution in [3.8, 4) is 5.88 Å². The highest BCUT2D eigenvalue weighted by molar-refractivity contribution is 6.99. The standard InChI is InChI=1S/C17H32N4O3S/c1-16(2,3)18-11-13(24-17(4,5)6)12-23-15-14(19-25-20-15)21-7-9-22-10-8-21/h13,18H,7-12H2,1-6H3/t13-/m1/s1. The molecule has 1 aromatic heterocycles. The number of ether oxygens (including phenoxy) is 3. The van der Waals surface area contributed by atoms with Crippen LogP contribution in [0.2, 0.25) is 0 Å². The summed E-state index contributed by atoms with van der Waals surface area (Å²) < 4.78 is 26.3. The van der Waals surface area contributed by atoms with Gasteiger partial charge in [0, 0.05) is 25.2 Å². The summed E-state index contributed by atoms with van der Waals surface area (Å²) in [6, 6.07) is 0. The maximum absolute atomic E-state index is 6.15. The van der Waals surface area contributed by atoms with Crippen LogP contribution in [0.25, 0.3) is 0 Å². The molecule has 1 aliphatic rings. The summed E-state index contributed by atoms with van der Waals surface area (Å²) >= 11 is 1.18. The second-order valence-electron chi connectivity index (χ2n) is 8.29. The fourth-order valence-corrected chi connectivity index (χ4v) is 2.98. The number of nitrogens with zero attached hydrogens (tertiary/aromatic N) is 3. The average Bonchev–Trinajstić information content (AvgIpc) is 2.97. The lowest BCUT2D eigenvalue weighted by Crippen LogP contribution is -2.45. The third-order valence-electron chi connectivity index (χ3n) is 3.54. The Labute approximate surface area is 155 Å². The third kappa shape index (κ3) is 7.43. The topological polar surface area (TPSA) is 68.7 Å². The lowest BCUT2D eigenvalue weighted by atomic mass is 10.1. The molecule has 0 amide bonds. The minimum absolute atomic E-state index is 0.0284. The Hall–Kier alpha value is -0.960. The highest BCUT2D eigenvalue weighted by Gasteiger charge is 2.24. The fourth-order valence-electron chi connectivity index (χ4n) is 2.46. The smallest absolute Gasteiger partial charge is 0.270 e. The predicted octanol–water partition coefficient (Wildman–Crippen LogP) is 2.33. The number of aromatic nitrogens is 2. The molecular formula is C17H32N4O3S. The van der Waals surface area contributed by atoms with E-state index in [1.807, 2.05) is 0 Å². The molecule has 25 heavy (non-hydrogen) atoms. The van der Waals surface area contributed by atoms with E-state index < -0.39 is 0 Å². The van der Waals surface area contributed by atoms with Gasteiger partial charge < -0.3 is 24.4 Å². The van der Waals surface area contributed by atoms with E-state index in [4.69, 9.17) is 14.2 Å². The summed E-state index contributed by atoms with van der Waals surface area (Å²) in [5.41, 5.74) is -0.207. The molecule has 7 nitrogen and oxygen atoms in total. The largest absolute Gasteiger partial charge is 0.472 e. The highest BCUT2D eigenvalue weighted by Crippen LogP contribution is 2.26. The van der Waals surface area contributed by atoms with Gasteiger partial charge >= 0.3 is 0 Å².